The number of nitro benzene ring substituents is 1. The Balaban J connectivity index is 2.32. The molecule has 0 amide bonds. The van der Waals surface area contributed by atoms with Crippen molar-refractivity contribution in [1.82, 2.24) is 0 Å². The Morgan fingerprint density at radius 2 is 2.28 bits per heavy atom. The number of nitro groups is 1. The molecule has 1 unspecified atom stereocenters. The first kappa shape index (κ1) is 12.3. The molecule has 0 spiro atoms. The van der Waals surface area contributed by atoms with Crippen LogP contribution < -0.4 is 4.90 Å². The molecule has 0 bridgehead atoms. The molecule has 18 heavy (non-hydrogen) atoms. The maximum absolute atomic E-state index is 11.1. The van der Waals surface area contributed by atoms with Gasteiger partial charge in [0.05, 0.1) is 4.92 Å². The predicted octanol–water partition coefficient (Wildman–Crippen LogP) is 1.96. The van der Waals surface area contributed by atoms with E-state index in [2.05, 4.69) is 0 Å². The first-order valence-electron chi connectivity index (χ1n) is 5.75. The molecule has 0 saturated carbocycles. The number of benzene rings is 1. The fourth-order valence-corrected chi connectivity index (χ4v) is 2.36. The molecule has 6 nitrogen and oxygen atoms in total. The molecule has 96 valence electrons. The van der Waals surface area contributed by atoms with E-state index in [0.29, 0.717) is 18.5 Å². The lowest BCUT2D eigenvalue weighted by Gasteiger charge is -2.23. The van der Waals surface area contributed by atoms with Crippen molar-refractivity contribution in [3.05, 3.63) is 33.9 Å². The molecule has 1 aromatic carbocycles. The molecule has 1 aromatic rings. The average Bonchev–Trinajstić information content (AvgIpc) is 2.77. The Morgan fingerprint density at radius 3 is 2.83 bits per heavy atom. The molecule has 1 atom stereocenters. The fraction of sp³-hybridized carbons (Fsp3) is 0.417. The minimum Gasteiger partial charge on any atom is -0.480 e. The Morgan fingerprint density at radius 1 is 1.56 bits per heavy atom. The normalized spacial score (nSPS) is 18.9. The van der Waals surface area contributed by atoms with E-state index in [9.17, 15) is 14.9 Å². The molecule has 0 aromatic heterocycles. The van der Waals surface area contributed by atoms with Gasteiger partial charge in [-0.2, -0.15) is 0 Å². The minimum absolute atomic E-state index is 0.0600. The van der Waals surface area contributed by atoms with E-state index in [4.69, 9.17) is 5.11 Å². The number of aliphatic carboxylic acids is 1. The zero-order valence-electron chi connectivity index (χ0n) is 10.00. The first-order valence-corrected chi connectivity index (χ1v) is 5.75. The SMILES string of the molecule is Cc1cc(N2CCCC2C(=O)O)ccc1[N+](=O)[O-]. The van der Waals surface area contributed by atoms with E-state index < -0.39 is 16.9 Å². The number of hydrogen-bond donors (Lipinski definition) is 1. The van der Waals surface area contributed by atoms with Crippen molar-refractivity contribution in [3.63, 3.8) is 0 Å². The second-order valence-corrected chi connectivity index (χ2v) is 4.42. The smallest absolute Gasteiger partial charge is 0.326 e. The van der Waals surface area contributed by atoms with Gasteiger partial charge in [-0.15, -0.1) is 0 Å². The second kappa shape index (κ2) is 4.64. The summed E-state index contributed by atoms with van der Waals surface area (Å²) in [5.74, 6) is -0.844. The summed E-state index contributed by atoms with van der Waals surface area (Å²) >= 11 is 0. The van der Waals surface area contributed by atoms with Gasteiger partial charge in [0.1, 0.15) is 6.04 Å². The number of nitrogens with zero attached hydrogens (tertiary/aromatic N) is 2. The van der Waals surface area contributed by atoms with Crippen LogP contribution in [0.15, 0.2) is 18.2 Å². The average molecular weight is 250 g/mol. The number of carboxylic acid groups (broad SMARTS) is 1. The van der Waals surface area contributed by atoms with Gasteiger partial charge in [0, 0.05) is 23.9 Å². The quantitative estimate of drug-likeness (QED) is 0.654. The summed E-state index contributed by atoms with van der Waals surface area (Å²) in [4.78, 5) is 23.2. The maximum atomic E-state index is 11.1. The molecule has 1 saturated heterocycles. The topological polar surface area (TPSA) is 83.7 Å². The van der Waals surface area contributed by atoms with Crippen molar-refractivity contribution in [3.8, 4) is 0 Å². The van der Waals surface area contributed by atoms with Crippen molar-refractivity contribution in [2.75, 3.05) is 11.4 Å². The summed E-state index contributed by atoms with van der Waals surface area (Å²) in [5, 5.41) is 19.8. The summed E-state index contributed by atoms with van der Waals surface area (Å²) in [7, 11) is 0. The molecule has 1 heterocycles. The summed E-state index contributed by atoms with van der Waals surface area (Å²) in [5.41, 5.74) is 1.35. The number of aryl methyl sites for hydroxylation is 1. The van der Waals surface area contributed by atoms with E-state index in [1.165, 1.54) is 6.07 Å². The van der Waals surface area contributed by atoms with Gasteiger partial charge in [-0.25, -0.2) is 4.79 Å². The minimum atomic E-state index is -0.844. The largest absolute Gasteiger partial charge is 0.480 e. The van der Waals surface area contributed by atoms with Gasteiger partial charge in [-0.05, 0) is 31.9 Å². The summed E-state index contributed by atoms with van der Waals surface area (Å²) < 4.78 is 0. The van der Waals surface area contributed by atoms with E-state index in [1.54, 1.807) is 24.0 Å². The van der Waals surface area contributed by atoms with Crippen molar-refractivity contribution >= 4 is 17.3 Å². The number of rotatable bonds is 3. The highest BCUT2D eigenvalue weighted by Gasteiger charge is 2.31. The number of anilines is 1. The lowest BCUT2D eigenvalue weighted by molar-refractivity contribution is -0.385. The Labute approximate surface area is 104 Å². The van der Waals surface area contributed by atoms with Crippen molar-refractivity contribution in [2.24, 2.45) is 0 Å². The second-order valence-electron chi connectivity index (χ2n) is 4.42. The van der Waals surface area contributed by atoms with Crippen molar-refractivity contribution in [1.29, 1.82) is 0 Å². The van der Waals surface area contributed by atoms with Crippen molar-refractivity contribution < 1.29 is 14.8 Å². The highest BCUT2D eigenvalue weighted by Crippen LogP contribution is 2.29. The van der Waals surface area contributed by atoms with Gasteiger partial charge in [0.25, 0.3) is 5.69 Å². The van der Waals surface area contributed by atoms with Gasteiger partial charge in [-0.1, -0.05) is 0 Å². The molecule has 2 rings (SSSR count). The van der Waals surface area contributed by atoms with Crippen LogP contribution in [-0.2, 0) is 4.79 Å². The summed E-state index contributed by atoms with van der Waals surface area (Å²) in [6, 6.07) is 4.21. The number of hydrogen-bond acceptors (Lipinski definition) is 4. The molecular formula is C12H14N2O4. The van der Waals surface area contributed by atoms with Gasteiger partial charge in [0.15, 0.2) is 0 Å². The Hall–Kier alpha value is -2.11. The molecule has 6 heteroatoms. The zero-order chi connectivity index (χ0) is 13.3. The van der Waals surface area contributed by atoms with Crippen LogP contribution in [0.4, 0.5) is 11.4 Å². The maximum Gasteiger partial charge on any atom is 0.326 e. The van der Waals surface area contributed by atoms with Crippen LogP contribution in [0.2, 0.25) is 0 Å². The molecule has 0 aliphatic carbocycles. The van der Waals surface area contributed by atoms with Crippen LogP contribution in [0.25, 0.3) is 0 Å². The molecular weight excluding hydrogens is 236 g/mol. The summed E-state index contributed by atoms with van der Waals surface area (Å²) in [6.07, 6.45) is 1.44. The molecule has 1 aliphatic rings. The monoisotopic (exact) mass is 250 g/mol. The van der Waals surface area contributed by atoms with Gasteiger partial charge >= 0.3 is 5.97 Å². The van der Waals surface area contributed by atoms with Gasteiger partial charge < -0.3 is 10.0 Å². The van der Waals surface area contributed by atoms with E-state index >= 15 is 0 Å². The van der Waals surface area contributed by atoms with E-state index in [0.717, 1.165) is 12.1 Å². The van der Waals surface area contributed by atoms with Gasteiger partial charge in [-0.3, -0.25) is 10.1 Å². The van der Waals surface area contributed by atoms with Crippen LogP contribution in [0, 0.1) is 17.0 Å². The molecule has 1 fully saturated rings. The Kier molecular flexibility index (Phi) is 3.18. The highest BCUT2D eigenvalue weighted by atomic mass is 16.6. The van der Waals surface area contributed by atoms with Gasteiger partial charge in [0.2, 0.25) is 0 Å². The van der Waals surface area contributed by atoms with Crippen LogP contribution in [-0.4, -0.2) is 28.6 Å². The van der Waals surface area contributed by atoms with E-state index in [1.807, 2.05) is 0 Å². The zero-order valence-corrected chi connectivity index (χ0v) is 10.00. The summed E-state index contributed by atoms with van der Waals surface area (Å²) in [6.45, 7) is 2.34. The van der Waals surface area contributed by atoms with Crippen LogP contribution in [0.5, 0.6) is 0 Å². The molecule has 0 radical (unpaired) electrons. The number of carbonyl (C=O) groups is 1. The Bertz CT molecular complexity index is 501. The third-order valence-electron chi connectivity index (χ3n) is 3.25. The molecule has 1 aliphatic heterocycles. The fourth-order valence-electron chi connectivity index (χ4n) is 2.36. The van der Waals surface area contributed by atoms with Crippen LogP contribution in [0.1, 0.15) is 18.4 Å². The van der Waals surface area contributed by atoms with Crippen LogP contribution >= 0.6 is 0 Å². The third-order valence-corrected chi connectivity index (χ3v) is 3.25. The van der Waals surface area contributed by atoms with E-state index in [-0.39, 0.29) is 5.69 Å². The van der Waals surface area contributed by atoms with Crippen LogP contribution in [0.3, 0.4) is 0 Å². The third kappa shape index (κ3) is 2.13. The number of carboxylic acids is 1. The predicted molar refractivity (Wildman–Crippen MR) is 65.8 cm³/mol. The highest BCUT2D eigenvalue weighted by molar-refractivity contribution is 5.79. The van der Waals surface area contributed by atoms with Crippen molar-refractivity contribution in [2.45, 2.75) is 25.8 Å². The lowest BCUT2D eigenvalue weighted by Crippen LogP contribution is -2.35. The lowest BCUT2D eigenvalue weighted by atomic mass is 10.1. The standard InChI is InChI=1S/C12H14N2O4/c1-8-7-9(4-5-10(8)14(17)18)13-6-2-3-11(13)12(15)16/h4-5,7,11H,2-3,6H2,1H3,(H,15,16). The first-order chi connectivity index (χ1) is 8.50. The molecule has 1 N–H and O–H groups in total.